The van der Waals surface area contributed by atoms with Crippen molar-refractivity contribution in [1.82, 2.24) is 0 Å². The largest absolute Gasteiger partial charge is 0.480 e. The molecule has 0 spiro atoms. The van der Waals surface area contributed by atoms with E-state index in [1.165, 1.54) is 18.7 Å². The third kappa shape index (κ3) is 5.76. The first-order valence-electron chi connectivity index (χ1n) is 5.89. The monoisotopic (exact) mass is 276 g/mol. The predicted octanol–water partition coefficient (Wildman–Crippen LogP) is 2.95. The molecule has 5 heteroatoms. The lowest BCUT2D eigenvalue weighted by molar-refractivity contribution is -0.173. The fourth-order valence-electron chi connectivity index (χ4n) is 0.960. The van der Waals surface area contributed by atoms with Crippen LogP contribution in [0.2, 0.25) is 0 Å². The minimum absolute atomic E-state index is 0.0985. The number of rotatable bonds is 4. The van der Waals surface area contributed by atoms with Crippen molar-refractivity contribution in [2.75, 3.05) is 5.75 Å². The van der Waals surface area contributed by atoms with E-state index in [0.717, 1.165) is 0 Å². The summed E-state index contributed by atoms with van der Waals surface area (Å²) in [6.07, 6.45) is 0. The number of carboxylic acid groups (broad SMARTS) is 1. The van der Waals surface area contributed by atoms with Gasteiger partial charge >= 0.3 is 11.9 Å². The van der Waals surface area contributed by atoms with E-state index in [1.54, 1.807) is 20.8 Å². The van der Waals surface area contributed by atoms with E-state index >= 15 is 0 Å². The average Bonchev–Trinajstić information content (AvgIpc) is 2.09. The summed E-state index contributed by atoms with van der Waals surface area (Å²) in [4.78, 5) is 23.4. The van der Waals surface area contributed by atoms with Crippen molar-refractivity contribution in [2.24, 2.45) is 5.41 Å². The molecule has 0 heterocycles. The molecule has 0 saturated carbocycles. The second-order valence-electron chi connectivity index (χ2n) is 6.54. The molecule has 0 bridgehead atoms. The van der Waals surface area contributed by atoms with Crippen molar-refractivity contribution in [3.63, 3.8) is 0 Å². The SMILES string of the molecule is CC(C)(C)OC(=O)[C@@](C)(CSC(C)(C)C)C(=O)O. The molecule has 1 N–H and O–H groups in total. The zero-order valence-corrected chi connectivity index (χ0v) is 13.1. The van der Waals surface area contributed by atoms with Crippen molar-refractivity contribution >= 4 is 23.7 Å². The number of carboxylic acids is 1. The lowest BCUT2D eigenvalue weighted by atomic mass is 9.93. The van der Waals surface area contributed by atoms with E-state index in [9.17, 15) is 14.7 Å². The van der Waals surface area contributed by atoms with Crippen molar-refractivity contribution in [3.05, 3.63) is 0 Å². The minimum Gasteiger partial charge on any atom is -0.480 e. The van der Waals surface area contributed by atoms with E-state index < -0.39 is 23.0 Å². The molecule has 0 aromatic carbocycles. The molecule has 0 amide bonds. The Hall–Kier alpha value is -0.710. The summed E-state index contributed by atoms with van der Waals surface area (Å²) in [6, 6.07) is 0. The first-order chi connectivity index (χ1) is 7.78. The fraction of sp³-hybridized carbons (Fsp3) is 0.846. The van der Waals surface area contributed by atoms with Crippen LogP contribution in [0.1, 0.15) is 48.5 Å². The lowest BCUT2D eigenvalue weighted by Gasteiger charge is -2.30. The van der Waals surface area contributed by atoms with Gasteiger partial charge in [0.2, 0.25) is 0 Å². The summed E-state index contributed by atoms with van der Waals surface area (Å²) in [5.74, 6) is -1.63. The van der Waals surface area contributed by atoms with Gasteiger partial charge in [0.05, 0.1) is 0 Å². The lowest BCUT2D eigenvalue weighted by Crippen LogP contribution is -2.44. The van der Waals surface area contributed by atoms with Crippen LogP contribution in [-0.2, 0) is 14.3 Å². The second-order valence-corrected chi connectivity index (χ2v) is 8.34. The zero-order valence-electron chi connectivity index (χ0n) is 12.3. The molecular formula is C13H24O4S. The summed E-state index contributed by atoms with van der Waals surface area (Å²) < 4.78 is 5.10. The predicted molar refractivity (Wildman–Crippen MR) is 73.8 cm³/mol. The second kappa shape index (κ2) is 5.51. The number of hydrogen-bond acceptors (Lipinski definition) is 4. The molecule has 0 fully saturated rings. The molecule has 106 valence electrons. The molecule has 0 unspecified atom stereocenters. The number of hydrogen-bond donors (Lipinski definition) is 1. The Labute approximate surface area is 113 Å². The van der Waals surface area contributed by atoms with Gasteiger partial charge in [0.15, 0.2) is 5.41 Å². The van der Waals surface area contributed by atoms with Gasteiger partial charge in [-0.1, -0.05) is 20.8 Å². The van der Waals surface area contributed by atoms with Crippen molar-refractivity contribution in [1.29, 1.82) is 0 Å². The number of carbonyl (C=O) groups excluding carboxylic acids is 1. The first kappa shape index (κ1) is 17.3. The van der Waals surface area contributed by atoms with Gasteiger partial charge in [0.1, 0.15) is 5.60 Å². The molecule has 1 atom stereocenters. The average molecular weight is 276 g/mol. The number of esters is 1. The Kier molecular flexibility index (Phi) is 5.29. The van der Waals surface area contributed by atoms with Crippen LogP contribution in [0.4, 0.5) is 0 Å². The Morgan fingerprint density at radius 3 is 1.78 bits per heavy atom. The maximum absolute atomic E-state index is 12.0. The minimum atomic E-state index is -1.51. The van der Waals surface area contributed by atoms with Crippen LogP contribution in [0.25, 0.3) is 0 Å². The normalized spacial score (nSPS) is 15.9. The molecule has 0 aliphatic rings. The molecule has 0 aromatic rings. The van der Waals surface area contributed by atoms with Crippen LogP contribution in [0.3, 0.4) is 0 Å². The van der Waals surface area contributed by atoms with Crippen LogP contribution in [0.15, 0.2) is 0 Å². The number of thioether (sulfide) groups is 1. The Morgan fingerprint density at radius 1 is 1.06 bits per heavy atom. The smallest absolute Gasteiger partial charge is 0.324 e. The quantitative estimate of drug-likeness (QED) is 0.632. The van der Waals surface area contributed by atoms with Gasteiger partial charge in [0, 0.05) is 10.5 Å². The first-order valence-corrected chi connectivity index (χ1v) is 6.87. The maximum Gasteiger partial charge on any atom is 0.324 e. The van der Waals surface area contributed by atoms with Gasteiger partial charge in [-0.3, -0.25) is 9.59 Å². The van der Waals surface area contributed by atoms with Gasteiger partial charge in [-0.05, 0) is 27.7 Å². The van der Waals surface area contributed by atoms with E-state index in [-0.39, 0.29) is 10.5 Å². The topological polar surface area (TPSA) is 63.6 Å². The molecule has 0 aliphatic heterocycles. The molecule has 4 nitrogen and oxygen atoms in total. The molecule has 0 aliphatic carbocycles. The highest BCUT2D eigenvalue weighted by molar-refractivity contribution is 8.00. The number of carbonyl (C=O) groups is 2. The Morgan fingerprint density at radius 2 is 1.50 bits per heavy atom. The van der Waals surface area contributed by atoms with Gasteiger partial charge in [-0.2, -0.15) is 11.8 Å². The highest BCUT2D eigenvalue weighted by Gasteiger charge is 2.45. The number of aliphatic carboxylic acids is 1. The van der Waals surface area contributed by atoms with E-state index in [0.29, 0.717) is 0 Å². The van der Waals surface area contributed by atoms with Crippen LogP contribution in [-0.4, -0.2) is 33.1 Å². The van der Waals surface area contributed by atoms with Crippen molar-refractivity contribution < 1.29 is 19.4 Å². The van der Waals surface area contributed by atoms with E-state index in [4.69, 9.17) is 4.74 Å². The van der Waals surface area contributed by atoms with Gasteiger partial charge in [-0.15, -0.1) is 0 Å². The van der Waals surface area contributed by atoms with Crippen molar-refractivity contribution in [3.8, 4) is 0 Å². The van der Waals surface area contributed by atoms with E-state index in [1.807, 2.05) is 20.8 Å². The summed E-state index contributed by atoms with van der Waals surface area (Å²) >= 11 is 1.44. The van der Waals surface area contributed by atoms with Gasteiger partial charge in [0.25, 0.3) is 0 Å². The molecular weight excluding hydrogens is 252 g/mol. The molecule has 0 aromatic heterocycles. The summed E-state index contributed by atoms with van der Waals surface area (Å²) in [7, 11) is 0. The molecule has 0 saturated heterocycles. The summed E-state index contributed by atoms with van der Waals surface area (Å²) in [5, 5.41) is 9.28. The summed E-state index contributed by atoms with van der Waals surface area (Å²) in [5.41, 5.74) is -2.19. The number of ether oxygens (including phenoxy) is 1. The molecule has 18 heavy (non-hydrogen) atoms. The zero-order chi connectivity index (χ0) is 14.8. The van der Waals surface area contributed by atoms with Crippen molar-refractivity contribution in [2.45, 2.75) is 58.8 Å². The van der Waals surface area contributed by atoms with Crippen LogP contribution in [0, 0.1) is 5.41 Å². The molecule has 0 rings (SSSR count). The van der Waals surface area contributed by atoms with Gasteiger partial charge < -0.3 is 9.84 Å². The van der Waals surface area contributed by atoms with Crippen LogP contribution < -0.4 is 0 Å². The highest BCUT2D eigenvalue weighted by atomic mass is 32.2. The van der Waals surface area contributed by atoms with E-state index in [2.05, 4.69) is 0 Å². The van der Waals surface area contributed by atoms with Crippen LogP contribution >= 0.6 is 11.8 Å². The third-order valence-electron chi connectivity index (χ3n) is 2.12. The van der Waals surface area contributed by atoms with Crippen LogP contribution in [0.5, 0.6) is 0 Å². The fourth-order valence-corrected chi connectivity index (χ4v) is 1.92. The Balaban J connectivity index is 4.93. The summed E-state index contributed by atoms with van der Waals surface area (Å²) in [6.45, 7) is 12.5. The third-order valence-corrected chi connectivity index (χ3v) is 3.70. The highest BCUT2D eigenvalue weighted by Crippen LogP contribution is 2.33. The van der Waals surface area contributed by atoms with Gasteiger partial charge in [-0.25, -0.2) is 0 Å². The Bertz CT molecular complexity index is 325. The maximum atomic E-state index is 12.0. The molecule has 0 radical (unpaired) electrons. The standard InChI is InChI=1S/C13H24O4S/c1-11(2,3)17-10(16)13(7,9(14)15)8-18-12(4,5)6/h8H2,1-7H3,(H,14,15)/t13-/m0/s1.